The SMILES string of the molecule is Nc1cnc(SCC(O)CO)cc1C(=O)O. The van der Waals surface area contributed by atoms with Crippen LogP contribution in [0.25, 0.3) is 0 Å². The number of nitrogen functional groups attached to an aromatic ring is 1. The lowest BCUT2D eigenvalue weighted by Crippen LogP contribution is -2.14. The molecule has 0 saturated carbocycles. The van der Waals surface area contributed by atoms with Gasteiger partial charge in [-0.15, -0.1) is 11.8 Å². The molecule has 1 aromatic rings. The molecule has 0 bridgehead atoms. The Labute approximate surface area is 96.1 Å². The minimum atomic E-state index is -1.12. The normalized spacial score (nSPS) is 12.4. The van der Waals surface area contributed by atoms with Crippen LogP contribution in [0.5, 0.6) is 0 Å². The van der Waals surface area contributed by atoms with Crippen LogP contribution in [0, 0.1) is 0 Å². The van der Waals surface area contributed by atoms with Crippen LogP contribution in [0.2, 0.25) is 0 Å². The van der Waals surface area contributed by atoms with E-state index in [4.69, 9.17) is 21.1 Å². The van der Waals surface area contributed by atoms with Crippen LogP contribution < -0.4 is 5.73 Å². The second-order valence-electron chi connectivity index (χ2n) is 3.06. The molecule has 0 amide bonds. The van der Waals surface area contributed by atoms with Crippen molar-refractivity contribution >= 4 is 23.4 Å². The first-order valence-electron chi connectivity index (χ1n) is 4.45. The fourth-order valence-electron chi connectivity index (χ4n) is 0.945. The van der Waals surface area contributed by atoms with Gasteiger partial charge in [-0.3, -0.25) is 0 Å². The largest absolute Gasteiger partial charge is 0.478 e. The van der Waals surface area contributed by atoms with Gasteiger partial charge in [-0.2, -0.15) is 0 Å². The number of nitrogens with zero attached hydrogens (tertiary/aromatic N) is 1. The Kier molecular flexibility index (Phi) is 4.53. The minimum absolute atomic E-state index is 0.0176. The zero-order valence-electron chi connectivity index (χ0n) is 8.33. The molecule has 0 saturated heterocycles. The maximum atomic E-state index is 10.8. The standard InChI is InChI=1S/C9H12N2O4S/c10-7-2-11-8(1-6(7)9(14)15)16-4-5(13)3-12/h1-2,5,12-13H,3-4,10H2,(H,14,15). The number of hydrogen-bond acceptors (Lipinski definition) is 6. The Bertz CT molecular complexity index is 386. The summed E-state index contributed by atoms with van der Waals surface area (Å²) in [6.45, 7) is -0.340. The third-order valence-electron chi connectivity index (χ3n) is 1.77. The van der Waals surface area contributed by atoms with Gasteiger partial charge in [-0.05, 0) is 6.07 Å². The average Bonchev–Trinajstić information content (AvgIpc) is 2.27. The fraction of sp³-hybridized carbons (Fsp3) is 0.333. The van der Waals surface area contributed by atoms with Crippen LogP contribution in [0.4, 0.5) is 5.69 Å². The Balaban J connectivity index is 2.75. The summed E-state index contributed by atoms with van der Waals surface area (Å²) in [6.07, 6.45) is 0.412. The Morgan fingerprint density at radius 3 is 2.88 bits per heavy atom. The molecule has 16 heavy (non-hydrogen) atoms. The van der Waals surface area contributed by atoms with Crippen molar-refractivity contribution in [2.24, 2.45) is 0 Å². The van der Waals surface area contributed by atoms with Gasteiger partial charge >= 0.3 is 5.97 Å². The summed E-state index contributed by atoms with van der Waals surface area (Å²) < 4.78 is 0. The van der Waals surface area contributed by atoms with E-state index in [-0.39, 0.29) is 23.6 Å². The third-order valence-corrected chi connectivity index (χ3v) is 2.84. The molecular formula is C9H12N2O4S. The monoisotopic (exact) mass is 244 g/mol. The Hall–Kier alpha value is -1.31. The van der Waals surface area contributed by atoms with Gasteiger partial charge in [0.15, 0.2) is 0 Å². The highest BCUT2D eigenvalue weighted by atomic mass is 32.2. The highest BCUT2D eigenvalue weighted by Crippen LogP contribution is 2.20. The lowest BCUT2D eigenvalue weighted by molar-refractivity contribution is 0.0697. The lowest BCUT2D eigenvalue weighted by Gasteiger charge is -2.07. The van der Waals surface area contributed by atoms with Crippen LogP contribution in [0.15, 0.2) is 17.3 Å². The van der Waals surface area contributed by atoms with Crippen molar-refractivity contribution in [3.63, 3.8) is 0 Å². The molecule has 0 spiro atoms. The quantitative estimate of drug-likeness (QED) is 0.530. The maximum absolute atomic E-state index is 10.8. The molecule has 5 N–H and O–H groups in total. The topological polar surface area (TPSA) is 117 Å². The summed E-state index contributed by atoms with van der Waals surface area (Å²) in [5, 5.41) is 27.0. The van der Waals surface area contributed by atoms with Crippen LogP contribution >= 0.6 is 11.8 Å². The lowest BCUT2D eigenvalue weighted by atomic mass is 10.2. The molecule has 0 radical (unpaired) electrons. The van der Waals surface area contributed by atoms with E-state index < -0.39 is 12.1 Å². The number of aromatic nitrogens is 1. The van der Waals surface area contributed by atoms with Gasteiger partial charge in [0.1, 0.15) is 0 Å². The van der Waals surface area contributed by atoms with E-state index in [0.29, 0.717) is 5.03 Å². The number of rotatable bonds is 5. The maximum Gasteiger partial charge on any atom is 0.337 e. The second-order valence-corrected chi connectivity index (χ2v) is 4.10. The number of pyridine rings is 1. The molecule has 88 valence electrons. The van der Waals surface area contributed by atoms with E-state index in [1.54, 1.807) is 0 Å². The molecule has 1 atom stereocenters. The number of hydrogen-bond donors (Lipinski definition) is 4. The van der Waals surface area contributed by atoms with Gasteiger partial charge in [0.05, 0.1) is 35.2 Å². The zero-order valence-corrected chi connectivity index (χ0v) is 9.15. The molecule has 0 aromatic carbocycles. The second kappa shape index (κ2) is 5.69. The summed E-state index contributed by atoms with van der Waals surface area (Å²) in [7, 11) is 0. The molecular weight excluding hydrogens is 232 g/mol. The summed E-state index contributed by atoms with van der Waals surface area (Å²) in [4.78, 5) is 14.7. The first kappa shape index (κ1) is 12.8. The molecule has 6 nitrogen and oxygen atoms in total. The predicted octanol–water partition coefficient (Wildman–Crippen LogP) is -0.193. The number of aliphatic hydroxyl groups is 2. The van der Waals surface area contributed by atoms with E-state index in [2.05, 4.69) is 4.98 Å². The Morgan fingerprint density at radius 2 is 2.31 bits per heavy atom. The van der Waals surface area contributed by atoms with E-state index >= 15 is 0 Å². The van der Waals surface area contributed by atoms with Crippen LogP contribution in [-0.2, 0) is 0 Å². The molecule has 1 heterocycles. The molecule has 0 aliphatic carbocycles. The molecule has 0 aliphatic heterocycles. The van der Waals surface area contributed by atoms with Gasteiger partial charge in [0, 0.05) is 5.75 Å². The van der Waals surface area contributed by atoms with E-state index in [9.17, 15) is 4.79 Å². The van der Waals surface area contributed by atoms with Crippen molar-refractivity contribution in [1.29, 1.82) is 0 Å². The number of aliphatic hydroxyl groups excluding tert-OH is 2. The smallest absolute Gasteiger partial charge is 0.337 e. The average molecular weight is 244 g/mol. The summed E-state index contributed by atoms with van der Waals surface area (Å²) in [5.74, 6) is -0.878. The van der Waals surface area contributed by atoms with Crippen molar-refractivity contribution < 1.29 is 20.1 Å². The highest BCUT2D eigenvalue weighted by molar-refractivity contribution is 7.99. The van der Waals surface area contributed by atoms with Gasteiger partial charge in [0.25, 0.3) is 0 Å². The van der Waals surface area contributed by atoms with E-state index in [1.807, 2.05) is 0 Å². The van der Waals surface area contributed by atoms with E-state index in [0.717, 1.165) is 11.8 Å². The third kappa shape index (κ3) is 3.37. The van der Waals surface area contributed by atoms with Gasteiger partial charge in [-0.1, -0.05) is 0 Å². The highest BCUT2D eigenvalue weighted by Gasteiger charge is 2.11. The number of aromatic carboxylic acids is 1. The number of anilines is 1. The first-order chi connectivity index (χ1) is 7.54. The minimum Gasteiger partial charge on any atom is -0.478 e. The summed E-state index contributed by atoms with van der Waals surface area (Å²) >= 11 is 1.15. The summed E-state index contributed by atoms with van der Waals surface area (Å²) in [6, 6.07) is 1.34. The van der Waals surface area contributed by atoms with Crippen molar-refractivity contribution in [1.82, 2.24) is 4.98 Å². The number of carbonyl (C=O) groups is 1. The molecule has 1 rings (SSSR count). The fourth-order valence-corrected chi connectivity index (χ4v) is 1.74. The number of nitrogens with two attached hydrogens (primary N) is 1. The first-order valence-corrected chi connectivity index (χ1v) is 5.43. The van der Waals surface area contributed by atoms with Crippen molar-refractivity contribution in [3.05, 3.63) is 17.8 Å². The van der Waals surface area contributed by atoms with Gasteiger partial charge in [-0.25, -0.2) is 9.78 Å². The van der Waals surface area contributed by atoms with Crippen molar-refractivity contribution in [3.8, 4) is 0 Å². The van der Waals surface area contributed by atoms with Crippen molar-refractivity contribution in [2.45, 2.75) is 11.1 Å². The van der Waals surface area contributed by atoms with Crippen LogP contribution in [0.1, 0.15) is 10.4 Å². The molecule has 7 heteroatoms. The summed E-state index contributed by atoms with van der Waals surface area (Å²) in [5.41, 5.74) is 5.51. The van der Waals surface area contributed by atoms with Crippen LogP contribution in [0.3, 0.4) is 0 Å². The van der Waals surface area contributed by atoms with Gasteiger partial charge in [0.2, 0.25) is 0 Å². The zero-order chi connectivity index (χ0) is 12.1. The number of carboxylic acids is 1. The molecule has 0 fully saturated rings. The predicted molar refractivity (Wildman–Crippen MR) is 59.4 cm³/mol. The molecule has 0 aliphatic rings. The number of thioether (sulfide) groups is 1. The van der Waals surface area contributed by atoms with Crippen molar-refractivity contribution in [2.75, 3.05) is 18.1 Å². The van der Waals surface area contributed by atoms with Gasteiger partial charge < -0.3 is 21.1 Å². The molecule has 1 aromatic heterocycles. The number of carboxylic acid groups (broad SMARTS) is 1. The Morgan fingerprint density at radius 1 is 1.62 bits per heavy atom. The van der Waals surface area contributed by atoms with E-state index in [1.165, 1.54) is 12.3 Å². The molecule has 1 unspecified atom stereocenters. The van der Waals surface area contributed by atoms with Crippen LogP contribution in [-0.4, -0.2) is 44.7 Å².